The Bertz CT molecular complexity index is 377. The first-order valence-corrected chi connectivity index (χ1v) is 6.67. The molecule has 0 saturated heterocycles. The van der Waals surface area contributed by atoms with E-state index in [1.807, 2.05) is 0 Å². The molecule has 2 rings (SSSR count). The third-order valence-corrected chi connectivity index (χ3v) is 3.97. The first-order valence-electron chi connectivity index (χ1n) is 6.67. The number of rotatable bonds is 3. The zero-order valence-electron chi connectivity index (χ0n) is 10.7. The lowest BCUT2D eigenvalue weighted by Crippen LogP contribution is -2.27. The van der Waals surface area contributed by atoms with Crippen LogP contribution in [0.2, 0.25) is 0 Å². The van der Waals surface area contributed by atoms with Gasteiger partial charge in [0, 0.05) is 6.07 Å². The highest BCUT2D eigenvalue weighted by Gasteiger charge is 2.24. The van der Waals surface area contributed by atoms with Crippen LogP contribution in [0.1, 0.15) is 38.2 Å². The van der Waals surface area contributed by atoms with Crippen molar-refractivity contribution in [2.24, 2.45) is 11.8 Å². The van der Waals surface area contributed by atoms with Gasteiger partial charge >= 0.3 is 0 Å². The van der Waals surface area contributed by atoms with E-state index < -0.39 is 17.7 Å². The summed E-state index contributed by atoms with van der Waals surface area (Å²) in [5.41, 5.74) is 0.540. The van der Waals surface area contributed by atoms with Gasteiger partial charge in [-0.15, -0.1) is 0 Å². The predicted molar refractivity (Wildman–Crippen MR) is 67.2 cm³/mol. The van der Waals surface area contributed by atoms with Gasteiger partial charge in [0.25, 0.3) is 0 Å². The molecule has 0 aliphatic heterocycles. The van der Waals surface area contributed by atoms with Gasteiger partial charge in [0.05, 0.1) is 6.10 Å². The molecule has 100 valence electrons. The molecule has 0 bridgehead atoms. The molecular weight excluding hydrogens is 234 g/mol. The topological polar surface area (TPSA) is 20.2 Å². The quantitative estimate of drug-likeness (QED) is 0.872. The average Bonchev–Trinajstić information content (AvgIpc) is 2.28. The zero-order valence-corrected chi connectivity index (χ0v) is 10.7. The van der Waals surface area contributed by atoms with Gasteiger partial charge in [0.2, 0.25) is 0 Å². The summed E-state index contributed by atoms with van der Waals surface area (Å²) in [6, 6.07) is 3.47. The summed E-state index contributed by atoms with van der Waals surface area (Å²) in [6.45, 7) is 2.23. The summed E-state index contributed by atoms with van der Waals surface area (Å²) in [7, 11) is 0. The number of hydrogen-bond acceptors (Lipinski definition) is 1. The van der Waals surface area contributed by atoms with E-state index in [4.69, 9.17) is 0 Å². The second-order valence-electron chi connectivity index (χ2n) is 5.57. The van der Waals surface area contributed by atoms with Gasteiger partial charge in [-0.05, 0) is 48.8 Å². The molecule has 0 radical (unpaired) electrons. The maximum Gasteiger partial charge on any atom is 0.126 e. The molecule has 18 heavy (non-hydrogen) atoms. The van der Waals surface area contributed by atoms with Gasteiger partial charge in [-0.25, -0.2) is 8.78 Å². The van der Waals surface area contributed by atoms with Crippen molar-refractivity contribution in [1.82, 2.24) is 0 Å². The molecular formula is C15H20F2O. The fraction of sp³-hybridized carbons (Fsp3) is 0.600. The van der Waals surface area contributed by atoms with Crippen LogP contribution in [0.15, 0.2) is 18.2 Å². The highest BCUT2D eigenvalue weighted by atomic mass is 19.1. The number of aliphatic hydroxyl groups excluding tert-OH is 1. The van der Waals surface area contributed by atoms with E-state index in [0.717, 1.165) is 37.7 Å². The fourth-order valence-corrected chi connectivity index (χ4v) is 2.81. The molecule has 1 aliphatic carbocycles. The van der Waals surface area contributed by atoms with Gasteiger partial charge in [0.1, 0.15) is 11.6 Å². The molecule has 1 aromatic rings. The van der Waals surface area contributed by atoms with Gasteiger partial charge in [-0.2, -0.15) is 0 Å². The van der Waals surface area contributed by atoms with E-state index >= 15 is 0 Å². The largest absolute Gasteiger partial charge is 0.392 e. The molecule has 1 unspecified atom stereocenters. The molecule has 0 aromatic heterocycles. The van der Waals surface area contributed by atoms with E-state index in [-0.39, 0.29) is 5.92 Å². The molecule has 0 heterocycles. The van der Waals surface area contributed by atoms with Crippen LogP contribution in [-0.4, -0.2) is 11.2 Å². The monoisotopic (exact) mass is 254 g/mol. The van der Waals surface area contributed by atoms with Crippen molar-refractivity contribution in [2.45, 2.75) is 45.1 Å². The zero-order chi connectivity index (χ0) is 13.1. The van der Waals surface area contributed by atoms with Crippen molar-refractivity contribution in [1.29, 1.82) is 0 Å². The molecule has 0 amide bonds. The Balaban J connectivity index is 1.96. The van der Waals surface area contributed by atoms with Crippen molar-refractivity contribution in [3.63, 3.8) is 0 Å². The summed E-state index contributed by atoms with van der Waals surface area (Å²) in [4.78, 5) is 0. The third kappa shape index (κ3) is 3.52. The Hall–Kier alpha value is -0.960. The van der Waals surface area contributed by atoms with Crippen molar-refractivity contribution < 1.29 is 13.9 Å². The van der Waals surface area contributed by atoms with E-state index in [0.29, 0.717) is 12.0 Å². The molecule has 1 saturated carbocycles. The highest BCUT2D eigenvalue weighted by molar-refractivity contribution is 5.18. The highest BCUT2D eigenvalue weighted by Crippen LogP contribution is 2.31. The van der Waals surface area contributed by atoms with E-state index in [1.165, 1.54) is 12.1 Å². The molecule has 1 aliphatic rings. The second kappa shape index (κ2) is 5.79. The van der Waals surface area contributed by atoms with Crippen LogP contribution < -0.4 is 0 Å². The SMILES string of the molecule is CC1CCC(C(O)Cc2cc(F)cc(F)c2)CC1. The number of hydrogen-bond donors (Lipinski definition) is 1. The van der Waals surface area contributed by atoms with Crippen molar-refractivity contribution >= 4 is 0 Å². The van der Waals surface area contributed by atoms with Crippen LogP contribution in [-0.2, 0) is 6.42 Å². The molecule has 3 heteroatoms. The Morgan fingerprint density at radius 2 is 1.67 bits per heavy atom. The van der Waals surface area contributed by atoms with Gasteiger partial charge in [-0.3, -0.25) is 0 Å². The predicted octanol–water partition coefficient (Wildman–Crippen LogP) is 3.69. The van der Waals surface area contributed by atoms with Crippen LogP contribution in [0, 0.1) is 23.5 Å². The van der Waals surface area contributed by atoms with Gasteiger partial charge in [0.15, 0.2) is 0 Å². The molecule has 1 atom stereocenters. The lowest BCUT2D eigenvalue weighted by Gasteiger charge is -2.29. The molecule has 1 fully saturated rings. The summed E-state index contributed by atoms with van der Waals surface area (Å²) < 4.78 is 26.1. The standard InChI is InChI=1S/C15H20F2O/c1-10-2-4-12(5-3-10)15(18)8-11-6-13(16)9-14(17)7-11/h6-7,9-10,12,15,18H,2-5,8H2,1H3. The van der Waals surface area contributed by atoms with Crippen LogP contribution >= 0.6 is 0 Å². The normalized spacial score (nSPS) is 26.0. The first kappa shape index (κ1) is 13.5. The second-order valence-corrected chi connectivity index (χ2v) is 5.57. The van der Waals surface area contributed by atoms with Crippen LogP contribution in [0.4, 0.5) is 8.78 Å². The Labute approximate surface area is 107 Å². The Morgan fingerprint density at radius 1 is 1.11 bits per heavy atom. The maximum absolute atomic E-state index is 13.1. The molecule has 1 N–H and O–H groups in total. The number of halogens is 2. The summed E-state index contributed by atoms with van der Waals surface area (Å²) in [6.07, 6.45) is 4.16. The van der Waals surface area contributed by atoms with E-state index in [1.54, 1.807) is 0 Å². The first-order chi connectivity index (χ1) is 8.54. The van der Waals surface area contributed by atoms with E-state index in [2.05, 4.69) is 6.92 Å². The minimum atomic E-state index is -0.575. The van der Waals surface area contributed by atoms with Gasteiger partial charge < -0.3 is 5.11 Å². The lowest BCUT2D eigenvalue weighted by atomic mass is 9.79. The van der Waals surface area contributed by atoms with Crippen LogP contribution in [0.5, 0.6) is 0 Å². The minimum absolute atomic E-state index is 0.271. The molecule has 0 spiro atoms. The molecule has 1 aromatic carbocycles. The molecule has 1 nitrogen and oxygen atoms in total. The third-order valence-electron chi connectivity index (χ3n) is 3.97. The number of benzene rings is 1. The number of aliphatic hydroxyl groups is 1. The smallest absolute Gasteiger partial charge is 0.126 e. The van der Waals surface area contributed by atoms with Crippen LogP contribution in [0.25, 0.3) is 0 Å². The lowest BCUT2D eigenvalue weighted by molar-refractivity contribution is 0.0760. The Kier molecular flexibility index (Phi) is 4.33. The maximum atomic E-state index is 13.1. The minimum Gasteiger partial charge on any atom is -0.392 e. The Morgan fingerprint density at radius 3 is 2.22 bits per heavy atom. The van der Waals surface area contributed by atoms with Gasteiger partial charge in [-0.1, -0.05) is 19.8 Å². The van der Waals surface area contributed by atoms with Crippen LogP contribution in [0.3, 0.4) is 0 Å². The van der Waals surface area contributed by atoms with Crippen molar-refractivity contribution in [3.8, 4) is 0 Å². The van der Waals surface area contributed by atoms with Crippen molar-refractivity contribution in [2.75, 3.05) is 0 Å². The fourth-order valence-electron chi connectivity index (χ4n) is 2.81. The summed E-state index contributed by atoms with van der Waals surface area (Å²) in [5, 5.41) is 10.2. The van der Waals surface area contributed by atoms with E-state index in [9.17, 15) is 13.9 Å². The summed E-state index contributed by atoms with van der Waals surface area (Å²) in [5.74, 6) is -0.142. The summed E-state index contributed by atoms with van der Waals surface area (Å²) >= 11 is 0. The average molecular weight is 254 g/mol. The van der Waals surface area contributed by atoms with Crippen molar-refractivity contribution in [3.05, 3.63) is 35.4 Å².